The number of aryl methyl sites for hydroxylation is 2. The van der Waals surface area contributed by atoms with Crippen molar-refractivity contribution in [2.45, 2.75) is 20.0 Å². The fraction of sp³-hybridized carbons (Fsp3) is 0.235. The lowest BCUT2D eigenvalue weighted by Crippen LogP contribution is -2.20. The number of hydrogen-bond acceptors (Lipinski definition) is 2. The highest BCUT2D eigenvalue weighted by molar-refractivity contribution is 6.31. The Labute approximate surface area is 142 Å². The predicted octanol–water partition coefficient (Wildman–Crippen LogP) is 4.99. The first-order valence-corrected chi connectivity index (χ1v) is 7.41. The number of nitrogens with one attached hydrogen (secondary N) is 1. The van der Waals surface area contributed by atoms with Crippen molar-refractivity contribution in [3.63, 3.8) is 0 Å². The Kier molecular flexibility index (Phi) is 5.39. The predicted molar refractivity (Wildman–Crippen MR) is 86.5 cm³/mol. The van der Waals surface area contributed by atoms with Crippen LogP contribution >= 0.6 is 11.6 Å². The molecule has 0 heterocycles. The van der Waals surface area contributed by atoms with Gasteiger partial charge in [-0.05, 0) is 43.7 Å². The molecule has 3 nitrogen and oxygen atoms in total. The van der Waals surface area contributed by atoms with Crippen LogP contribution in [-0.4, -0.2) is 12.5 Å². The Bertz CT molecular complexity index is 760. The van der Waals surface area contributed by atoms with E-state index in [4.69, 9.17) is 16.3 Å². The lowest BCUT2D eigenvalue weighted by molar-refractivity contribution is -0.137. The summed E-state index contributed by atoms with van der Waals surface area (Å²) in [5.41, 5.74) is 0.928. The first-order valence-electron chi connectivity index (χ1n) is 7.03. The smallest absolute Gasteiger partial charge is 0.417 e. The summed E-state index contributed by atoms with van der Waals surface area (Å²) < 4.78 is 43.8. The molecule has 0 saturated heterocycles. The van der Waals surface area contributed by atoms with Gasteiger partial charge < -0.3 is 10.1 Å². The molecule has 0 aliphatic heterocycles. The van der Waals surface area contributed by atoms with Crippen LogP contribution in [0.2, 0.25) is 5.02 Å². The van der Waals surface area contributed by atoms with Crippen molar-refractivity contribution in [2.24, 2.45) is 0 Å². The highest BCUT2D eigenvalue weighted by Gasteiger charge is 2.33. The molecule has 24 heavy (non-hydrogen) atoms. The van der Waals surface area contributed by atoms with Crippen LogP contribution in [0.4, 0.5) is 18.9 Å². The van der Waals surface area contributed by atoms with Crippen LogP contribution in [0.3, 0.4) is 0 Å². The molecule has 0 radical (unpaired) electrons. The highest BCUT2D eigenvalue weighted by Crippen LogP contribution is 2.36. The van der Waals surface area contributed by atoms with Gasteiger partial charge in [-0.15, -0.1) is 0 Å². The molecule has 0 saturated carbocycles. The van der Waals surface area contributed by atoms with Gasteiger partial charge in [0.15, 0.2) is 6.61 Å². The van der Waals surface area contributed by atoms with Gasteiger partial charge >= 0.3 is 6.18 Å². The topological polar surface area (TPSA) is 38.3 Å². The zero-order chi connectivity index (χ0) is 17.9. The maximum absolute atomic E-state index is 12.8. The van der Waals surface area contributed by atoms with Gasteiger partial charge in [-0.1, -0.05) is 29.3 Å². The van der Waals surface area contributed by atoms with Gasteiger partial charge in [0.05, 0.1) is 10.6 Å². The molecule has 0 bridgehead atoms. The van der Waals surface area contributed by atoms with Gasteiger partial charge in [0.25, 0.3) is 5.91 Å². The molecule has 2 aromatic rings. The highest BCUT2D eigenvalue weighted by atomic mass is 35.5. The summed E-state index contributed by atoms with van der Waals surface area (Å²) in [6.07, 6.45) is -4.59. The van der Waals surface area contributed by atoms with E-state index >= 15 is 0 Å². The van der Waals surface area contributed by atoms with E-state index in [1.807, 2.05) is 26.0 Å². The minimum absolute atomic E-state index is 0.000882. The second-order valence-electron chi connectivity index (χ2n) is 5.30. The molecular formula is C17H15ClF3NO2. The Morgan fingerprint density at radius 3 is 2.50 bits per heavy atom. The largest absolute Gasteiger partial charge is 0.483 e. The minimum Gasteiger partial charge on any atom is -0.483 e. The van der Waals surface area contributed by atoms with Crippen molar-refractivity contribution >= 4 is 23.2 Å². The van der Waals surface area contributed by atoms with Crippen LogP contribution in [0, 0.1) is 13.8 Å². The summed E-state index contributed by atoms with van der Waals surface area (Å²) in [6, 6.07) is 8.66. The molecule has 0 aliphatic carbocycles. The number of rotatable bonds is 4. The number of alkyl halides is 3. The number of benzene rings is 2. The maximum Gasteiger partial charge on any atom is 0.417 e. The van der Waals surface area contributed by atoms with Gasteiger partial charge in [-0.25, -0.2) is 0 Å². The molecule has 0 atom stereocenters. The second kappa shape index (κ2) is 7.13. The molecule has 2 aromatic carbocycles. The van der Waals surface area contributed by atoms with Crippen LogP contribution in [0.15, 0.2) is 36.4 Å². The van der Waals surface area contributed by atoms with Crippen molar-refractivity contribution in [1.82, 2.24) is 0 Å². The van der Waals surface area contributed by atoms with Crippen molar-refractivity contribution in [2.75, 3.05) is 11.9 Å². The third-order valence-electron chi connectivity index (χ3n) is 3.24. The summed E-state index contributed by atoms with van der Waals surface area (Å²) in [4.78, 5) is 11.9. The fourth-order valence-corrected chi connectivity index (χ4v) is 2.35. The molecule has 0 aromatic heterocycles. The normalized spacial score (nSPS) is 11.2. The summed E-state index contributed by atoms with van der Waals surface area (Å²) in [7, 11) is 0. The van der Waals surface area contributed by atoms with Crippen LogP contribution < -0.4 is 10.1 Å². The summed E-state index contributed by atoms with van der Waals surface area (Å²) in [5, 5.41) is 1.94. The van der Waals surface area contributed by atoms with Gasteiger partial charge in [0.1, 0.15) is 5.75 Å². The molecular weight excluding hydrogens is 343 g/mol. The number of ether oxygens (including phenoxy) is 1. The van der Waals surface area contributed by atoms with E-state index in [2.05, 4.69) is 5.32 Å². The molecule has 0 aliphatic rings. The maximum atomic E-state index is 12.8. The summed E-state index contributed by atoms with van der Waals surface area (Å²) in [6.45, 7) is 3.46. The zero-order valence-electron chi connectivity index (χ0n) is 13.0. The SMILES string of the molecule is Cc1ccc(OCC(=O)Nc2ccc(Cl)c(C(F)(F)F)c2)c(C)c1. The van der Waals surface area contributed by atoms with Crippen LogP contribution in [0.5, 0.6) is 5.75 Å². The van der Waals surface area contributed by atoms with Crippen LogP contribution in [0.1, 0.15) is 16.7 Å². The Balaban J connectivity index is 2.02. The second-order valence-corrected chi connectivity index (χ2v) is 5.71. The Morgan fingerprint density at radius 2 is 1.88 bits per heavy atom. The molecule has 7 heteroatoms. The first kappa shape index (κ1) is 18.1. The van der Waals surface area contributed by atoms with Gasteiger partial charge in [0.2, 0.25) is 0 Å². The molecule has 0 fully saturated rings. The summed E-state index contributed by atoms with van der Waals surface area (Å²) >= 11 is 5.53. The molecule has 1 N–H and O–H groups in total. The van der Waals surface area contributed by atoms with E-state index in [0.717, 1.165) is 23.3 Å². The standard InChI is InChI=1S/C17H15ClF3NO2/c1-10-3-6-15(11(2)7-10)24-9-16(23)22-12-4-5-14(18)13(8-12)17(19,20)21/h3-8H,9H2,1-2H3,(H,22,23). The molecule has 1 amide bonds. The van der Waals surface area contributed by atoms with Gasteiger partial charge in [-0.2, -0.15) is 13.2 Å². The van der Waals surface area contributed by atoms with E-state index in [9.17, 15) is 18.0 Å². The Morgan fingerprint density at radius 1 is 1.17 bits per heavy atom. The van der Waals surface area contributed by atoms with Gasteiger partial charge in [0, 0.05) is 5.69 Å². The van der Waals surface area contributed by atoms with Crippen molar-refractivity contribution in [1.29, 1.82) is 0 Å². The number of carbonyl (C=O) groups excluding carboxylic acids is 1. The van der Waals surface area contributed by atoms with Crippen molar-refractivity contribution < 1.29 is 22.7 Å². The van der Waals surface area contributed by atoms with E-state index in [-0.39, 0.29) is 12.3 Å². The average molecular weight is 358 g/mol. The first-order chi connectivity index (χ1) is 11.2. The van der Waals surface area contributed by atoms with Crippen LogP contribution in [-0.2, 0) is 11.0 Å². The lowest BCUT2D eigenvalue weighted by Gasteiger charge is -2.13. The lowest BCUT2D eigenvalue weighted by atomic mass is 10.1. The number of halogens is 4. The molecule has 0 spiro atoms. The number of amides is 1. The van der Waals surface area contributed by atoms with Crippen LogP contribution in [0.25, 0.3) is 0 Å². The summed E-state index contributed by atoms with van der Waals surface area (Å²) in [5.74, 6) is -0.0201. The third-order valence-corrected chi connectivity index (χ3v) is 3.57. The van der Waals surface area contributed by atoms with E-state index in [1.54, 1.807) is 6.07 Å². The Hall–Kier alpha value is -2.21. The third kappa shape index (κ3) is 4.64. The number of carbonyl (C=O) groups is 1. The quantitative estimate of drug-likeness (QED) is 0.836. The fourth-order valence-electron chi connectivity index (χ4n) is 2.12. The van der Waals surface area contributed by atoms with E-state index in [1.165, 1.54) is 6.07 Å². The number of anilines is 1. The molecule has 2 rings (SSSR count). The number of hydrogen-bond donors (Lipinski definition) is 1. The molecule has 128 valence electrons. The van der Waals surface area contributed by atoms with E-state index < -0.39 is 22.7 Å². The van der Waals surface area contributed by atoms with E-state index in [0.29, 0.717) is 5.75 Å². The zero-order valence-corrected chi connectivity index (χ0v) is 13.8. The molecule has 0 unspecified atom stereocenters. The minimum atomic E-state index is -4.59. The van der Waals surface area contributed by atoms with Crippen molar-refractivity contribution in [3.05, 3.63) is 58.1 Å². The van der Waals surface area contributed by atoms with Crippen molar-refractivity contribution in [3.8, 4) is 5.75 Å². The van der Waals surface area contributed by atoms with Gasteiger partial charge in [-0.3, -0.25) is 4.79 Å². The monoisotopic (exact) mass is 357 g/mol. The average Bonchev–Trinajstić information content (AvgIpc) is 2.47.